The van der Waals surface area contributed by atoms with Crippen molar-refractivity contribution >= 4 is 23.2 Å². The van der Waals surface area contributed by atoms with Gasteiger partial charge in [0.15, 0.2) is 0 Å². The molecule has 6 heteroatoms. The van der Waals surface area contributed by atoms with Gasteiger partial charge in [-0.3, -0.25) is 14.7 Å². The Balaban J connectivity index is 2.04. The molecular weight excluding hydrogens is 326 g/mol. The highest BCUT2D eigenvalue weighted by Crippen LogP contribution is 2.31. The molecule has 1 heterocycles. The van der Waals surface area contributed by atoms with Crippen LogP contribution in [0.25, 0.3) is 0 Å². The Hall–Kier alpha value is -2.11. The Morgan fingerprint density at radius 1 is 1.42 bits per heavy atom. The van der Waals surface area contributed by atoms with Crippen LogP contribution in [0.2, 0.25) is 5.02 Å². The molecule has 1 amide bonds. The molecule has 0 aliphatic rings. The van der Waals surface area contributed by atoms with E-state index in [-0.39, 0.29) is 18.5 Å². The van der Waals surface area contributed by atoms with E-state index in [1.807, 2.05) is 44.0 Å². The van der Waals surface area contributed by atoms with Crippen molar-refractivity contribution in [1.29, 1.82) is 0 Å². The zero-order valence-corrected chi connectivity index (χ0v) is 15.1. The molecule has 0 unspecified atom stereocenters. The van der Waals surface area contributed by atoms with E-state index in [1.54, 1.807) is 25.4 Å². The van der Waals surface area contributed by atoms with E-state index in [2.05, 4.69) is 10.3 Å². The van der Waals surface area contributed by atoms with Gasteiger partial charge >= 0.3 is 0 Å². The van der Waals surface area contributed by atoms with Gasteiger partial charge in [-0.05, 0) is 44.7 Å². The van der Waals surface area contributed by atoms with Gasteiger partial charge in [-0.2, -0.15) is 0 Å². The summed E-state index contributed by atoms with van der Waals surface area (Å²) >= 11 is 6.09. The van der Waals surface area contributed by atoms with Crippen LogP contribution in [-0.2, 0) is 4.79 Å². The van der Waals surface area contributed by atoms with Crippen molar-refractivity contribution in [2.24, 2.45) is 0 Å². The Morgan fingerprint density at radius 3 is 2.79 bits per heavy atom. The Bertz CT molecular complexity index is 707. The average Bonchev–Trinajstić information content (AvgIpc) is 2.57. The van der Waals surface area contributed by atoms with Crippen LogP contribution in [0.4, 0.5) is 5.69 Å². The molecule has 1 N–H and O–H groups in total. The Kier molecular flexibility index (Phi) is 6.17. The molecule has 0 aliphatic carbocycles. The second-order valence-corrected chi connectivity index (χ2v) is 6.10. The lowest BCUT2D eigenvalue weighted by Gasteiger charge is -2.23. The second kappa shape index (κ2) is 8.13. The number of ether oxygens (including phenoxy) is 1. The molecule has 2 aromatic rings. The van der Waals surface area contributed by atoms with Gasteiger partial charge in [-0.15, -0.1) is 0 Å². The van der Waals surface area contributed by atoms with E-state index in [1.165, 1.54) is 0 Å². The predicted molar refractivity (Wildman–Crippen MR) is 96.7 cm³/mol. The van der Waals surface area contributed by atoms with Crippen molar-refractivity contribution in [2.75, 3.05) is 26.0 Å². The Morgan fingerprint density at radius 2 is 2.17 bits per heavy atom. The fourth-order valence-electron chi connectivity index (χ4n) is 2.33. The summed E-state index contributed by atoms with van der Waals surface area (Å²) in [6.45, 7) is 4.14. The summed E-state index contributed by atoms with van der Waals surface area (Å²) in [5.41, 5.74) is 2.42. The number of anilines is 1. The van der Waals surface area contributed by atoms with Crippen LogP contribution >= 0.6 is 11.6 Å². The van der Waals surface area contributed by atoms with Gasteiger partial charge in [0.05, 0.1) is 25.0 Å². The lowest BCUT2D eigenvalue weighted by atomic mass is 10.2. The third-order valence-electron chi connectivity index (χ3n) is 3.92. The number of nitrogens with zero attached hydrogens (tertiary/aromatic N) is 2. The molecule has 1 aromatic carbocycles. The number of likely N-dealkylation sites (N-methyl/N-ethyl adjacent to an activating group) is 1. The van der Waals surface area contributed by atoms with Crippen LogP contribution in [-0.4, -0.2) is 36.5 Å². The lowest BCUT2D eigenvalue weighted by molar-refractivity contribution is -0.117. The number of aryl methyl sites for hydroxylation is 1. The van der Waals surface area contributed by atoms with E-state index >= 15 is 0 Å². The smallest absolute Gasteiger partial charge is 0.238 e. The van der Waals surface area contributed by atoms with Gasteiger partial charge in [-0.1, -0.05) is 17.7 Å². The predicted octanol–water partition coefficient (Wildman–Crippen LogP) is 3.68. The van der Waals surface area contributed by atoms with E-state index in [9.17, 15) is 4.79 Å². The second-order valence-electron chi connectivity index (χ2n) is 5.70. The maximum absolute atomic E-state index is 12.4. The van der Waals surface area contributed by atoms with E-state index in [0.29, 0.717) is 16.5 Å². The third kappa shape index (κ3) is 4.46. The number of hydrogen-bond donors (Lipinski definition) is 1. The molecule has 0 bridgehead atoms. The molecule has 0 aliphatic heterocycles. The number of halogens is 1. The molecule has 1 atom stereocenters. The molecule has 0 saturated heterocycles. The van der Waals surface area contributed by atoms with E-state index < -0.39 is 0 Å². The van der Waals surface area contributed by atoms with E-state index in [0.717, 1.165) is 11.3 Å². The molecule has 5 nitrogen and oxygen atoms in total. The van der Waals surface area contributed by atoms with Crippen molar-refractivity contribution in [2.45, 2.75) is 19.9 Å². The molecule has 24 heavy (non-hydrogen) atoms. The number of rotatable bonds is 6. The van der Waals surface area contributed by atoms with Gasteiger partial charge in [0.25, 0.3) is 0 Å². The minimum atomic E-state index is -0.125. The Labute approximate surface area is 147 Å². The number of benzene rings is 1. The number of carbonyl (C=O) groups is 1. The topological polar surface area (TPSA) is 54.5 Å². The summed E-state index contributed by atoms with van der Waals surface area (Å²) in [6.07, 6.45) is 1.75. The van der Waals surface area contributed by atoms with Gasteiger partial charge < -0.3 is 10.1 Å². The number of hydrogen-bond acceptors (Lipinski definition) is 4. The summed E-state index contributed by atoms with van der Waals surface area (Å²) in [5, 5.41) is 3.48. The maximum Gasteiger partial charge on any atom is 0.238 e. The summed E-state index contributed by atoms with van der Waals surface area (Å²) in [4.78, 5) is 18.6. The van der Waals surface area contributed by atoms with Crippen molar-refractivity contribution in [1.82, 2.24) is 9.88 Å². The highest BCUT2D eigenvalue weighted by Gasteiger charge is 2.17. The number of aromatic nitrogens is 1. The van der Waals surface area contributed by atoms with Gasteiger partial charge in [-0.25, -0.2) is 0 Å². The average molecular weight is 348 g/mol. The lowest BCUT2D eigenvalue weighted by Crippen LogP contribution is -2.32. The first-order valence-corrected chi connectivity index (χ1v) is 8.05. The van der Waals surface area contributed by atoms with Crippen LogP contribution < -0.4 is 10.1 Å². The highest BCUT2D eigenvalue weighted by molar-refractivity contribution is 6.31. The molecule has 2 rings (SSSR count). The maximum atomic E-state index is 12.4. The molecule has 0 saturated carbocycles. The third-order valence-corrected chi connectivity index (χ3v) is 4.33. The molecule has 0 radical (unpaired) electrons. The first-order valence-electron chi connectivity index (χ1n) is 7.67. The van der Waals surface area contributed by atoms with Crippen molar-refractivity contribution in [3.05, 3.63) is 52.8 Å². The van der Waals surface area contributed by atoms with Crippen molar-refractivity contribution < 1.29 is 9.53 Å². The minimum Gasteiger partial charge on any atom is -0.495 e. The summed E-state index contributed by atoms with van der Waals surface area (Å²) in [6, 6.07) is 9.30. The first kappa shape index (κ1) is 18.2. The summed E-state index contributed by atoms with van der Waals surface area (Å²) < 4.78 is 5.28. The quantitative estimate of drug-likeness (QED) is 0.866. The number of nitrogens with one attached hydrogen (secondary N) is 1. The fourth-order valence-corrected chi connectivity index (χ4v) is 2.49. The number of carbonyl (C=O) groups excluding carboxylic acids is 1. The zero-order valence-electron chi connectivity index (χ0n) is 14.3. The van der Waals surface area contributed by atoms with Crippen molar-refractivity contribution in [3.63, 3.8) is 0 Å². The van der Waals surface area contributed by atoms with Gasteiger partial charge in [0.1, 0.15) is 5.75 Å². The number of methoxy groups -OCH3 is 1. The molecule has 128 valence electrons. The molecule has 1 aromatic heterocycles. The van der Waals surface area contributed by atoms with Crippen LogP contribution in [0, 0.1) is 6.92 Å². The van der Waals surface area contributed by atoms with Gasteiger partial charge in [0, 0.05) is 23.3 Å². The van der Waals surface area contributed by atoms with E-state index in [4.69, 9.17) is 16.3 Å². The normalized spacial score (nSPS) is 12.1. The molecule has 0 spiro atoms. The monoisotopic (exact) mass is 347 g/mol. The van der Waals surface area contributed by atoms with Crippen LogP contribution in [0.5, 0.6) is 5.75 Å². The largest absolute Gasteiger partial charge is 0.495 e. The van der Waals surface area contributed by atoms with Gasteiger partial charge in [0.2, 0.25) is 5.91 Å². The van der Waals surface area contributed by atoms with Crippen LogP contribution in [0.15, 0.2) is 36.5 Å². The number of amides is 1. The number of pyridine rings is 1. The standard InChI is InChI=1S/C18H22ClN3O2/c1-12-9-16(17(24-4)10-14(12)19)21-18(23)11-22(3)13(2)15-7-5-6-8-20-15/h5-10,13H,11H2,1-4H3,(H,21,23)/t13-/m0/s1. The SMILES string of the molecule is COc1cc(Cl)c(C)cc1NC(=O)CN(C)[C@@H](C)c1ccccn1. The summed E-state index contributed by atoms with van der Waals surface area (Å²) in [7, 11) is 3.44. The summed E-state index contributed by atoms with van der Waals surface area (Å²) in [5.74, 6) is 0.416. The zero-order chi connectivity index (χ0) is 17.7. The minimum absolute atomic E-state index is 0.0331. The highest BCUT2D eigenvalue weighted by atomic mass is 35.5. The van der Waals surface area contributed by atoms with Crippen molar-refractivity contribution in [3.8, 4) is 5.75 Å². The fraction of sp³-hybridized carbons (Fsp3) is 0.333. The molecular formula is C18H22ClN3O2. The first-order chi connectivity index (χ1) is 11.4. The van der Waals surface area contributed by atoms with Crippen LogP contribution in [0.1, 0.15) is 24.2 Å². The molecule has 0 fully saturated rings. The van der Waals surface area contributed by atoms with Crippen LogP contribution in [0.3, 0.4) is 0 Å².